The van der Waals surface area contributed by atoms with Gasteiger partial charge >= 0.3 is 5.97 Å². The molecule has 0 saturated carbocycles. The molecule has 0 bridgehead atoms. The number of methoxy groups -OCH3 is 1. The maximum atomic E-state index is 11.8. The summed E-state index contributed by atoms with van der Waals surface area (Å²) in [6.45, 7) is 2.01. The van der Waals surface area contributed by atoms with Crippen LogP contribution in [-0.2, 0) is 9.53 Å². The molecule has 0 aliphatic heterocycles. The van der Waals surface area contributed by atoms with Gasteiger partial charge < -0.3 is 9.47 Å². The number of rotatable bonds is 5. The van der Waals surface area contributed by atoms with E-state index in [2.05, 4.69) is 4.74 Å². The molecule has 2 rings (SSSR count). The van der Waals surface area contributed by atoms with Gasteiger partial charge in [-0.2, -0.15) is 0 Å². The van der Waals surface area contributed by atoms with Crippen LogP contribution < -0.4 is 4.74 Å². The van der Waals surface area contributed by atoms with Crippen molar-refractivity contribution in [1.82, 2.24) is 0 Å². The number of carbonyl (C=O) groups excluding carboxylic acids is 2. The van der Waals surface area contributed by atoms with Crippen LogP contribution in [0.4, 0.5) is 0 Å². The molecule has 2 aromatic rings. The van der Waals surface area contributed by atoms with Crippen molar-refractivity contribution in [2.24, 2.45) is 0 Å². The van der Waals surface area contributed by atoms with Crippen molar-refractivity contribution in [3.05, 3.63) is 59.7 Å². The average Bonchev–Trinajstić information content (AvgIpc) is 2.50. The number of benzene rings is 2. The first-order valence-corrected chi connectivity index (χ1v) is 6.53. The zero-order valence-corrected chi connectivity index (χ0v) is 12.0. The molecule has 0 radical (unpaired) electrons. The number of carbonyl (C=O) groups is 2. The largest absolute Gasteiger partial charge is 0.469 e. The predicted octanol–water partition coefficient (Wildman–Crippen LogP) is 3.53. The molecule has 2 aromatic carbocycles. The van der Waals surface area contributed by atoms with Crippen LogP contribution in [0.15, 0.2) is 48.5 Å². The summed E-state index contributed by atoms with van der Waals surface area (Å²) in [6, 6.07) is 14.4. The Balaban J connectivity index is 2.03. The first-order valence-electron chi connectivity index (χ1n) is 6.53. The van der Waals surface area contributed by atoms with E-state index in [0.717, 1.165) is 11.3 Å². The molecule has 0 atom stereocenters. The minimum Gasteiger partial charge on any atom is -0.469 e. The van der Waals surface area contributed by atoms with Crippen LogP contribution in [0.3, 0.4) is 0 Å². The quantitative estimate of drug-likeness (QED) is 0.479. The third-order valence-electron chi connectivity index (χ3n) is 2.97. The number of hydrogen-bond acceptors (Lipinski definition) is 4. The summed E-state index contributed by atoms with van der Waals surface area (Å²) >= 11 is 0. The molecule has 0 spiro atoms. The molecule has 0 saturated heterocycles. The molecule has 0 N–H and O–H groups in total. The van der Waals surface area contributed by atoms with E-state index in [0.29, 0.717) is 11.3 Å². The van der Waals surface area contributed by atoms with Gasteiger partial charge in [0.2, 0.25) is 0 Å². The van der Waals surface area contributed by atoms with E-state index < -0.39 is 5.97 Å². The van der Waals surface area contributed by atoms with Crippen LogP contribution in [0, 0.1) is 6.92 Å². The first-order chi connectivity index (χ1) is 10.1. The van der Waals surface area contributed by atoms with Crippen LogP contribution in [-0.4, -0.2) is 18.9 Å². The highest BCUT2D eigenvalue weighted by Gasteiger charge is 2.11. The lowest BCUT2D eigenvalue weighted by Gasteiger charge is -2.06. The third-order valence-corrected chi connectivity index (χ3v) is 2.97. The van der Waals surface area contributed by atoms with E-state index in [-0.39, 0.29) is 12.2 Å². The number of hydrogen-bond donors (Lipinski definition) is 0. The Morgan fingerprint density at radius 2 is 1.43 bits per heavy atom. The highest BCUT2D eigenvalue weighted by atomic mass is 16.5. The Bertz CT molecular complexity index is 627. The van der Waals surface area contributed by atoms with E-state index in [4.69, 9.17) is 4.74 Å². The normalized spacial score (nSPS) is 10.0. The van der Waals surface area contributed by atoms with E-state index in [9.17, 15) is 9.59 Å². The number of esters is 1. The van der Waals surface area contributed by atoms with Gasteiger partial charge in [-0.15, -0.1) is 0 Å². The van der Waals surface area contributed by atoms with Gasteiger partial charge in [-0.25, -0.2) is 0 Å². The lowest BCUT2D eigenvalue weighted by Crippen LogP contribution is -2.09. The topological polar surface area (TPSA) is 52.6 Å². The van der Waals surface area contributed by atoms with Gasteiger partial charge in [-0.05, 0) is 43.3 Å². The molecule has 0 aromatic heterocycles. The van der Waals surface area contributed by atoms with Crippen molar-refractivity contribution >= 4 is 11.8 Å². The summed E-state index contributed by atoms with van der Waals surface area (Å²) in [5.74, 6) is 0.548. The zero-order valence-electron chi connectivity index (χ0n) is 12.0. The van der Waals surface area contributed by atoms with Gasteiger partial charge in [0.05, 0.1) is 7.11 Å². The zero-order chi connectivity index (χ0) is 15.2. The Morgan fingerprint density at radius 3 is 1.95 bits per heavy atom. The van der Waals surface area contributed by atoms with Crippen molar-refractivity contribution in [3.63, 3.8) is 0 Å². The average molecular weight is 284 g/mol. The van der Waals surface area contributed by atoms with Crippen LogP contribution in [0.25, 0.3) is 0 Å². The summed E-state index contributed by atoms with van der Waals surface area (Å²) in [6.07, 6.45) is -0.255. The maximum absolute atomic E-state index is 11.8. The van der Waals surface area contributed by atoms with Gasteiger partial charge in [0.15, 0.2) is 5.78 Å². The lowest BCUT2D eigenvalue weighted by molar-refractivity contribution is -0.139. The monoisotopic (exact) mass is 284 g/mol. The highest BCUT2D eigenvalue weighted by molar-refractivity contribution is 6.05. The smallest absolute Gasteiger partial charge is 0.313 e. The van der Waals surface area contributed by atoms with Gasteiger partial charge in [-0.1, -0.05) is 17.7 Å². The number of ketones is 1. The molecule has 0 amide bonds. The van der Waals surface area contributed by atoms with Crippen LogP contribution >= 0.6 is 0 Å². The van der Waals surface area contributed by atoms with Gasteiger partial charge in [-0.3, -0.25) is 9.59 Å². The lowest BCUT2D eigenvalue weighted by atomic mass is 10.1. The minimum absolute atomic E-state index is 0.255. The summed E-state index contributed by atoms with van der Waals surface area (Å²) in [5.41, 5.74) is 1.61. The van der Waals surface area contributed by atoms with Gasteiger partial charge in [0, 0.05) is 5.56 Å². The molecule has 0 aliphatic carbocycles. The molecule has 4 heteroatoms. The van der Waals surface area contributed by atoms with Crippen LogP contribution in [0.1, 0.15) is 22.3 Å². The molecule has 0 fully saturated rings. The summed E-state index contributed by atoms with van der Waals surface area (Å²) in [4.78, 5) is 22.8. The predicted molar refractivity (Wildman–Crippen MR) is 78.7 cm³/mol. The second-order valence-electron chi connectivity index (χ2n) is 4.62. The Kier molecular flexibility index (Phi) is 4.72. The summed E-state index contributed by atoms with van der Waals surface area (Å²) in [5, 5.41) is 0. The van der Waals surface area contributed by atoms with E-state index >= 15 is 0 Å². The maximum Gasteiger partial charge on any atom is 0.313 e. The molecule has 108 valence electrons. The highest BCUT2D eigenvalue weighted by Crippen LogP contribution is 2.22. The number of ether oxygens (including phenoxy) is 2. The van der Waals surface area contributed by atoms with Gasteiger partial charge in [0.25, 0.3) is 0 Å². The Morgan fingerprint density at radius 1 is 0.905 bits per heavy atom. The summed E-state index contributed by atoms with van der Waals surface area (Å²) in [7, 11) is 1.26. The molecule has 0 heterocycles. The fraction of sp³-hybridized carbons (Fsp3) is 0.176. The molecule has 0 unspecified atom stereocenters. The standard InChI is InChI=1S/C17H16O4/c1-12-3-7-14(8-4-12)21-15-9-5-13(6-10-15)16(18)11-17(19)20-2/h3-10H,11H2,1-2H3. The second-order valence-corrected chi connectivity index (χ2v) is 4.62. The Hall–Kier alpha value is -2.62. The van der Waals surface area contributed by atoms with E-state index in [1.54, 1.807) is 24.3 Å². The van der Waals surface area contributed by atoms with Crippen molar-refractivity contribution in [3.8, 4) is 11.5 Å². The van der Waals surface area contributed by atoms with Crippen molar-refractivity contribution in [2.75, 3.05) is 7.11 Å². The first kappa shape index (κ1) is 14.8. The van der Waals surface area contributed by atoms with Gasteiger partial charge in [0.1, 0.15) is 17.9 Å². The van der Waals surface area contributed by atoms with Crippen molar-refractivity contribution in [1.29, 1.82) is 0 Å². The number of Topliss-reactive ketones (excluding diaryl/α,β-unsaturated/α-hetero) is 1. The summed E-state index contributed by atoms with van der Waals surface area (Å²) < 4.78 is 10.1. The molecular weight excluding hydrogens is 268 g/mol. The van der Waals surface area contributed by atoms with Crippen molar-refractivity contribution < 1.29 is 19.1 Å². The van der Waals surface area contributed by atoms with Crippen LogP contribution in [0.5, 0.6) is 11.5 Å². The fourth-order valence-electron chi connectivity index (χ4n) is 1.76. The minimum atomic E-state index is -0.542. The molecule has 4 nitrogen and oxygen atoms in total. The molecular formula is C17H16O4. The number of aryl methyl sites for hydroxylation is 1. The van der Waals surface area contributed by atoms with E-state index in [1.807, 2.05) is 31.2 Å². The van der Waals surface area contributed by atoms with Crippen LogP contribution in [0.2, 0.25) is 0 Å². The van der Waals surface area contributed by atoms with E-state index in [1.165, 1.54) is 7.11 Å². The van der Waals surface area contributed by atoms with Crippen molar-refractivity contribution in [2.45, 2.75) is 13.3 Å². The second kappa shape index (κ2) is 6.70. The Labute approximate surface area is 123 Å². The SMILES string of the molecule is COC(=O)CC(=O)c1ccc(Oc2ccc(C)cc2)cc1. The fourth-order valence-corrected chi connectivity index (χ4v) is 1.76. The molecule has 21 heavy (non-hydrogen) atoms. The molecule has 0 aliphatic rings. The third kappa shape index (κ3) is 4.18.